The van der Waals surface area contributed by atoms with Crippen LogP contribution in [0.1, 0.15) is 30.5 Å². The van der Waals surface area contributed by atoms with E-state index in [0.29, 0.717) is 18.3 Å². The van der Waals surface area contributed by atoms with Crippen LogP contribution in [-0.4, -0.2) is 16.1 Å². The lowest BCUT2D eigenvalue weighted by Gasteiger charge is -2.13. The summed E-state index contributed by atoms with van der Waals surface area (Å²) in [7, 11) is 0. The van der Waals surface area contributed by atoms with E-state index < -0.39 is 0 Å². The summed E-state index contributed by atoms with van der Waals surface area (Å²) in [5, 5.41) is 13.1. The summed E-state index contributed by atoms with van der Waals surface area (Å²) in [4.78, 5) is 4.32. The molecule has 0 radical (unpaired) electrons. The Morgan fingerprint density at radius 3 is 2.95 bits per heavy atom. The van der Waals surface area contributed by atoms with Crippen molar-refractivity contribution in [2.75, 3.05) is 0 Å². The van der Waals surface area contributed by atoms with Crippen LogP contribution in [0.4, 0.5) is 0 Å². The second-order valence-corrected chi connectivity index (χ2v) is 4.82. The number of nitrogens with one attached hydrogen (secondary N) is 1. The van der Waals surface area contributed by atoms with Crippen molar-refractivity contribution in [2.45, 2.75) is 39.3 Å². The smallest absolute Gasteiger partial charge is 0.138 e. The van der Waals surface area contributed by atoms with Crippen molar-refractivity contribution < 1.29 is 9.52 Å². The van der Waals surface area contributed by atoms with Gasteiger partial charge in [-0.2, -0.15) is 0 Å². The van der Waals surface area contributed by atoms with Gasteiger partial charge >= 0.3 is 0 Å². The van der Waals surface area contributed by atoms with E-state index in [0.717, 1.165) is 24.3 Å². The lowest BCUT2D eigenvalue weighted by Crippen LogP contribution is -2.26. The van der Waals surface area contributed by atoms with Gasteiger partial charge < -0.3 is 14.8 Å². The molecule has 0 aliphatic rings. The highest BCUT2D eigenvalue weighted by molar-refractivity contribution is 5.27. The SMILES string of the molecule is Cc1ccc(O)c(CNC(C)CCc2ccco2)n1. The molecular weight excluding hydrogens is 240 g/mol. The maximum absolute atomic E-state index is 9.71. The molecule has 4 nitrogen and oxygen atoms in total. The van der Waals surface area contributed by atoms with E-state index in [-0.39, 0.29) is 5.75 Å². The van der Waals surface area contributed by atoms with Gasteiger partial charge in [0.05, 0.1) is 12.0 Å². The van der Waals surface area contributed by atoms with Crippen LogP contribution in [-0.2, 0) is 13.0 Å². The number of rotatable bonds is 6. The topological polar surface area (TPSA) is 58.3 Å². The minimum Gasteiger partial charge on any atom is -0.506 e. The van der Waals surface area contributed by atoms with Crippen molar-refractivity contribution in [1.29, 1.82) is 0 Å². The monoisotopic (exact) mass is 260 g/mol. The summed E-state index contributed by atoms with van der Waals surface area (Å²) in [6, 6.07) is 7.72. The van der Waals surface area contributed by atoms with Crippen LogP contribution in [0.2, 0.25) is 0 Å². The molecule has 0 aliphatic carbocycles. The molecule has 1 atom stereocenters. The Morgan fingerprint density at radius 1 is 1.37 bits per heavy atom. The van der Waals surface area contributed by atoms with Gasteiger partial charge in [0, 0.05) is 24.7 Å². The van der Waals surface area contributed by atoms with E-state index in [2.05, 4.69) is 17.2 Å². The molecule has 102 valence electrons. The Bertz CT molecular complexity index is 509. The Balaban J connectivity index is 1.79. The summed E-state index contributed by atoms with van der Waals surface area (Å²) in [5.74, 6) is 1.25. The highest BCUT2D eigenvalue weighted by atomic mass is 16.3. The van der Waals surface area contributed by atoms with E-state index in [1.165, 1.54) is 0 Å². The van der Waals surface area contributed by atoms with Gasteiger partial charge in [-0.15, -0.1) is 0 Å². The van der Waals surface area contributed by atoms with Gasteiger partial charge in [0.1, 0.15) is 11.5 Å². The van der Waals surface area contributed by atoms with Crippen molar-refractivity contribution in [2.24, 2.45) is 0 Å². The standard InChI is InChI=1S/C15H20N2O2/c1-11(5-7-13-4-3-9-19-13)16-10-14-15(18)8-6-12(2)17-14/h3-4,6,8-9,11,16,18H,5,7,10H2,1-2H3. The number of aromatic hydroxyl groups is 1. The predicted molar refractivity (Wildman–Crippen MR) is 74.0 cm³/mol. The molecule has 0 aliphatic heterocycles. The zero-order chi connectivity index (χ0) is 13.7. The van der Waals surface area contributed by atoms with E-state index >= 15 is 0 Å². The van der Waals surface area contributed by atoms with Gasteiger partial charge in [0.15, 0.2) is 0 Å². The molecule has 0 saturated carbocycles. The number of furan rings is 1. The average Bonchev–Trinajstić information content (AvgIpc) is 2.90. The largest absolute Gasteiger partial charge is 0.506 e. The van der Waals surface area contributed by atoms with Crippen molar-refractivity contribution in [3.05, 3.63) is 47.7 Å². The Hall–Kier alpha value is -1.81. The fraction of sp³-hybridized carbons (Fsp3) is 0.400. The molecule has 0 amide bonds. The van der Waals surface area contributed by atoms with E-state index in [9.17, 15) is 5.11 Å². The molecule has 0 spiro atoms. The zero-order valence-electron chi connectivity index (χ0n) is 11.4. The number of nitrogens with zero attached hydrogens (tertiary/aromatic N) is 1. The number of aromatic nitrogens is 1. The number of pyridine rings is 1. The minimum absolute atomic E-state index is 0.247. The molecule has 0 aromatic carbocycles. The first-order valence-electron chi connectivity index (χ1n) is 6.56. The number of hydrogen-bond acceptors (Lipinski definition) is 4. The van der Waals surface area contributed by atoms with Gasteiger partial charge in [-0.05, 0) is 44.5 Å². The summed E-state index contributed by atoms with van der Waals surface area (Å²) < 4.78 is 5.30. The first-order chi connectivity index (χ1) is 9.15. The third-order valence-corrected chi connectivity index (χ3v) is 3.11. The lowest BCUT2D eigenvalue weighted by atomic mass is 10.1. The maximum atomic E-state index is 9.71. The molecule has 2 aromatic heterocycles. The van der Waals surface area contributed by atoms with Gasteiger partial charge in [-0.25, -0.2) is 0 Å². The summed E-state index contributed by atoms with van der Waals surface area (Å²) >= 11 is 0. The average molecular weight is 260 g/mol. The van der Waals surface area contributed by atoms with Crippen LogP contribution in [0.25, 0.3) is 0 Å². The lowest BCUT2D eigenvalue weighted by molar-refractivity contribution is 0.438. The Morgan fingerprint density at radius 2 is 2.21 bits per heavy atom. The highest BCUT2D eigenvalue weighted by Gasteiger charge is 2.07. The number of aryl methyl sites for hydroxylation is 2. The Labute approximate surface area is 113 Å². The molecule has 4 heteroatoms. The van der Waals surface area contributed by atoms with Crippen molar-refractivity contribution >= 4 is 0 Å². The summed E-state index contributed by atoms with van der Waals surface area (Å²) in [6.07, 6.45) is 3.59. The van der Waals surface area contributed by atoms with Gasteiger partial charge in [0.2, 0.25) is 0 Å². The third kappa shape index (κ3) is 4.10. The van der Waals surface area contributed by atoms with Crippen LogP contribution in [0, 0.1) is 6.92 Å². The Kier molecular flexibility index (Phi) is 4.58. The van der Waals surface area contributed by atoms with E-state index in [1.54, 1.807) is 18.4 Å². The molecule has 2 heterocycles. The molecule has 1 unspecified atom stereocenters. The zero-order valence-corrected chi connectivity index (χ0v) is 11.4. The van der Waals surface area contributed by atoms with E-state index in [1.807, 2.05) is 19.1 Å². The molecule has 0 bridgehead atoms. The van der Waals surface area contributed by atoms with Gasteiger partial charge in [0.25, 0.3) is 0 Å². The fourth-order valence-corrected chi connectivity index (χ4v) is 1.92. The molecular formula is C15H20N2O2. The second kappa shape index (κ2) is 6.38. The summed E-state index contributed by atoms with van der Waals surface area (Å²) in [5.41, 5.74) is 1.61. The molecule has 2 N–H and O–H groups in total. The summed E-state index contributed by atoms with van der Waals surface area (Å²) in [6.45, 7) is 4.62. The highest BCUT2D eigenvalue weighted by Crippen LogP contribution is 2.14. The number of hydrogen-bond donors (Lipinski definition) is 2. The molecule has 0 fully saturated rings. The van der Waals surface area contributed by atoms with Crippen LogP contribution in [0.3, 0.4) is 0 Å². The van der Waals surface area contributed by atoms with Crippen molar-refractivity contribution in [3.63, 3.8) is 0 Å². The third-order valence-electron chi connectivity index (χ3n) is 3.11. The van der Waals surface area contributed by atoms with E-state index in [4.69, 9.17) is 4.42 Å². The van der Waals surface area contributed by atoms with Crippen molar-refractivity contribution in [3.8, 4) is 5.75 Å². The molecule has 19 heavy (non-hydrogen) atoms. The van der Waals surface area contributed by atoms with Crippen LogP contribution < -0.4 is 5.32 Å². The molecule has 0 saturated heterocycles. The second-order valence-electron chi connectivity index (χ2n) is 4.82. The van der Waals surface area contributed by atoms with Crippen LogP contribution >= 0.6 is 0 Å². The molecule has 2 rings (SSSR count). The van der Waals surface area contributed by atoms with Crippen LogP contribution in [0.15, 0.2) is 34.9 Å². The fourth-order valence-electron chi connectivity index (χ4n) is 1.92. The quantitative estimate of drug-likeness (QED) is 0.838. The minimum atomic E-state index is 0.247. The van der Waals surface area contributed by atoms with Crippen LogP contribution in [0.5, 0.6) is 5.75 Å². The normalized spacial score (nSPS) is 12.5. The first kappa shape index (κ1) is 13.6. The van der Waals surface area contributed by atoms with Crippen molar-refractivity contribution in [1.82, 2.24) is 10.3 Å². The predicted octanol–water partition coefficient (Wildman–Crippen LogP) is 2.80. The van der Waals surface area contributed by atoms with Gasteiger partial charge in [-0.1, -0.05) is 0 Å². The van der Waals surface area contributed by atoms with Gasteiger partial charge in [-0.3, -0.25) is 4.98 Å². The maximum Gasteiger partial charge on any atom is 0.138 e. The molecule has 2 aromatic rings. The first-order valence-corrected chi connectivity index (χ1v) is 6.56.